The first-order valence-electron chi connectivity index (χ1n) is 8.44. The molecule has 5 nitrogen and oxygen atoms in total. The third-order valence-corrected chi connectivity index (χ3v) is 4.97. The topological polar surface area (TPSA) is 56.9 Å². The van der Waals surface area contributed by atoms with Crippen LogP contribution in [0.3, 0.4) is 0 Å². The molecule has 1 atom stereocenters. The Morgan fingerprint density at radius 1 is 1.26 bits per heavy atom. The maximum atomic E-state index is 12.3. The van der Waals surface area contributed by atoms with Gasteiger partial charge in [-0.05, 0) is 30.9 Å². The Morgan fingerprint density at radius 2 is 1.96 bits per heavy atom. The molecule has 0 spiro atoms. The maximum absolute atomic E-state index is 12.3. The summed E-state index contributed by atoms with van der Waals surface area (Å²) >= 11 is 0. The van der Waals surface area contributed by atoms with Crippen molar-refractivity contribution in [3.05, 3.63) is 24.2 Å². The van der Waals surface area contributed by atoms with E-state index in [9.17, 15) is 9.90 Å². The van der Waals surface area contributed by atoms with Crippen LogP contribution in [-0.2, 0) is 4.79 Å². The van der Waals surface area contributed by atoms with Crippen LogP contribution in [0.5, 0.6) is 0 Å². The summed E-state index contributed by atoms with van der Waals surface area (Å²) < 4.78 is 5.23. The van der Waals surface area contributed by atoms with E-state index in [1.54, 1.807) is 18.4 Å². The summed E-state index contributed by atoms with van der Waals surface area (Å²) in [5.74, 6) is 1.55. The first-order valence-corrected chi connectivity index (χ1v) is 8.44. The zero-order valence-electron chi connectivity index (χ0n) is 13.5. The molecule has 130 valence electrons. The summed E-state index contributed by atoms with van der Waals surface area (Å²) in [6.45, 7) is 3.77. The van der Waals surface area contributed by atoms with Gasteiger partial charge in [0.05, 0.1) is 6.26 Å². The maximum Gasteiger partial charge on any atom is 0.222 e. The standard InChI is InChI=1S/C17H26N2O3.ClH/c20-15(16-6-3-11-22-16)13-18-7-9-19(10-8-18)17(21)12-14-4-1-2-5-14;/h3,6,11,14-15,20H,1-2,4-5,7-10,12-13H2;1H. The number of rotatable bonds is 5. The summed E-state index contributed by atoms with van der Waals surface area (Å²) in [6, 6.07) is 3.59. The Bertz CT molecular complexity index is 466. The van der Waals surface area contributed by atoms with Crippen LogP contribution in [0.1, 0.15) is 44.0 Å². The van der Waals surface area contributed by atoms with Crippen molar-refractivity contribution in [1.29, 1.82) is 0 Å². The van der Waals surface area contributed by atoms with E-state index in [-0.39, 0.29) is 12.4 Å². The zero-order chi connectivity index (χ0) is 15.4. The predicted molar refractivity (Wildman–Crippen MR) is 90.5 cm³/mol. The van der Waals surface area contributed by atoms with Gasteiger partial charge in [-0.25, -0.2) is 0 Å². The number of hydrogen-bond donors (Lipinski definition) is 1. The van der Waals surface area contributed by atoms with Gasteiger partial charge in [-0.3, -0.25) is 9.69 Å². The molecule has 0 aromatic carbocycles. The fourth-order valence-corrected chi connectivity index (χ4v) is 3.59. The second kappa shape index (κ2) is 8.71. The van der Waals surface area contributed by atoms with Gasteiger partial charge in [0.1, 0.15) is 11.9 Å². The molecular formula is C17H27ClN2O3. The highest BCUT2D eigenvalue weighted by Gasteiger charge is 2.26. The van der Waals surface area contributed by atoms with Crippen LogP contribution in [0.2, 0.25) is 0 Å². The van der Waals surface area contributed by atoms with Crippen LogP contribution in [0.25, 0.3) is 0 Å². The Morgan fingerprint density at radius 3 is 2.57 bits per heavy atom. The molecule has 3 rings (SSSR count). The summed E-state index contributed by atoms with van der Waals surface area (Å²) in [5, 5.41) is 10.1. The molecule has 1 aromatic heterocycles. The van der Waals surface area contributed by atoms with E-state index in [4.69, 9.17) is 4.42 Å². The highest BCUT2D eigenvalue weighted by atomic mass is 35.5. The van der Waals surface area contributed by atoms with E-state index in [1.165, 1.54) is 25.7 Å². The Balaban J connectivity index is 0.00000192. The number of furan rings is 1. The average Bonchev–Trinajstić information content (AvgIpc) is 3.21. The number of aliphatic hydroxyl groups excluding tert-OH is 1. The molecule has 1 unspecified atom stereocenters. The Kier molecular flexibility index (Phi) is 6.93. The molecule has 1 aliphatic carbocycles. The van der Waals surface area contributed by atoms with Gasteiger partial charge in [-0.15, -0.1) is 12.4 Å². The van der Waals surface area contributed by atoms with Crippen molar-refractivity contribution in [1.82, 2.24) is 9.80 Å². The lowest BCUT2D eigenvalue weighted by Gasteiger charge is -2.35. The Labute approximate surface area is 144 Å². The van der Waals surface area contributed by atoms with Gasteiger partial charge >= 0.3 is 0 Å². The number of aliphatic hydroxyl groups is 1. The largest absolute Gasteiger partial charge is 0.467 e. The number of piperazine rings is 1. The van der Waals surface area contributed by atoms with Crippen molar-refractivity contribution in [3.63, 3.8) is 0 Å². The normalized spacial score (nSPS) is 21.2. The summed E-state index contributed by atoms with van der Waals surface area (Å²) in [7, 11) is 0. The molecule has 0 radical (unpaired) electrons. The van der Waals surface area contributed by atoms with Crippen molar-refractivity contribution in [2.45, 2.75) is 38.2 Å². The molecule has 6 heteroatoms. The number of nitrogens with zero attached hydrogens (tertiary/aromatic N) is 2. The van der Waals surface area contributed by atoms with E-state index < -0.39 is 6.10 Å². The fraction of sp³-hybridized carbons (Fsp3) is 0.706. The molecule has 2 heterocycles. The molecule has 1 N–H and O–H groups in total. The van der Waals surface area contributed by atoms with Gasteiger partial charge in [-0.1, -0.05) is 12.8 Å². The predicted octanol–water partition coefficient (Wildman–Crippen LogP) is 2.46. The van der Waals surface area contributed by atoms with Crippen LogP contribution in [0.15, 0.2) is 22.8 Å². The van der Waals surface area contributed by atoms with E-state index >= 15 is 0 Å². The molecule has 0 bridgehead atoms. The molecule has 2 fully saturated rings. The quantitative estimate of drug-likeness (QED) is 0.893. The number of carbonyl (C=O) groups is 1. The second-order valence-electron chi connectivity index (χ2n) is 6.57. The van der Waals surface area contributed by atoms with Crippen molar-refractivity contribution >= 4 is 18.3 Å². The number of halogens is 1. The van der Waals surface area contributed by atoms with Crippen LogP contribution in [0.4, 0.5) is 0 Å². The Hall–Kier alpha value is -1.04. The average molecular weight is 343 g/mol. The van der Waals surface area contributed by atoms with Crippen LogP contribution in [-0.4, -0.2) is 53.5 Å². The highest BCUT2D eigenvalue weighted by Crippen LogP contribution is 2.28. The second-order valence-corrected chi connectivity index (χ2v) is 6.57. The van der Waals surface area contributed by atoms with Gasteiger partial charge in [0.2, 0.25) is 5.91 Å². The van der Waals surface area contributed by atoms with Crippen molar-refractivity contribution < 1.29 is 14.3 Å². The molecule has 2 aliphatic rings. The molecule has 23 heavy (non-hydrogen) atoms. The lowest BCUT2D eigenvalue weighted by atomic mass is 10.0. The van der Waals surface area contributed by atoms with Crippen LogP contribution < -0.4 is 0 Å². The first kappa shape index (κ1) is 18.3. The summed E-state index contributed by atoms with van der Waals surface area (Å²) in [6.07, 6.45) is 6.75. The minimum absolute atomic E-state index is 0. The van der Waals surface area contributed by atoms with Crippen molar-refractivity contribution in [2.75, 3.05) is 32.7 Å². The molecule has 1 saturated carbocycles. The molecule has 1 amide bonds. The summed E-state index contributed by atoms with van der Waals surface area (Å²) in [5.41, 5.74) is 0. The van der Waals surface area contributed by atoms with Gasteiger partial charge in [0, 0.05) is 39.1 Å². The monoisotopic (exact) mass is 342 g/mol. The molecular weight excluding hydrogens is 316 g/mol. The summed E-state index contributed by atoms with van der Waals surface area (Å²) in [4.78, 5) is 16.5. The van der Waals surface area contributed by atoms with E-state index in [2.05, 4.69) is 4.90 Å². The number of carbonyl (C=O) groups excluding carboxylic acids is 1. The molecule has 1 aromatic rings. The van der Waals surface area contributed by atoms with Gasteiger partial charge in [0.15, 0.2) is 0 Å². The van der Waals surface area contributed by atoms with E-state index in [1.807, 2.05) is 4.90 Å². The fourth-order valence-electron chi connectivity index (χ4n) is 3.59. The smallest absolute Gasteiger partial charge is 0.222 e. The van der Waals surface area contributed by atoms with E-state index in [0.717, 1.165) is 32.6 Å². The van der Waals surface area contributed by atoms with E-state index in [0.29, 0.717) is 24.1 Å². The molecule has 1 aliphatic heterocycles. The minimum atomic E-state index is -0.587. The highest BCUT2D eigenvalue weighted by molar-refractivity contribution is 5.85. The van der Waals surface area contributed by atoms with Crippen molar-refractivity contribution in [3.8, 4) is 0 Å². The lowest BCUT2D eigenvalue weighted by Crippen LogP contribution is -2.49. The van der Waals surface area contributed by atoms with Gasteiger partial charge in [0.25, 0.3) is 0 Å². The zero-order valence-corrected chi connectivity index (χ0v) is 14.3. The lowest BCUT2D eigenvalue weighted by molar-refractivity contribution is -0.134. The van der Waals surface area contributed by atoms with Crippen LogP contribution in [0, 0.1) is 5.92 Å². The third kappa shape index (κ3) is 4.96. The first-order chi connectivity index (χ1) is 10.7. The van der Waals surface area contributed by atoms with Gasteiger partial charge in [-0.2, -0.15) is 0 Å². The molecule has 1 saturated heterocycles. The van der Waals surface area contributed by atoms with Crippen molar-refractivity contribution in [2.24, 2.45) is 5.92 Å². The van der Waals surface area contributed by atoms with Gasteiger partial charge < -0.3 is 14.4 Å². The third-order valence-electron chi connectivity index (χ3n) is 4.97. The SMILES string of the molecule is Cl.O=C(CC1CCCC1)N1CCN(CC(O)c2ccco2)CC1. The number of hydrogen-bond acceptors (Lipinski definition) is 4. The number of amides is 1. The number of β-amino-alcohol motifs (C(OH)–C–C–N with tert-alkyl or cyclic N) is 1. The van der Waals surface area contributed by atoms with Crippen LogP contribution >= 0.6 is 12.4 Å². The minimum Gasteiger partial charge on any atom is -0.467 e.